The monoisotopic (exact) mass is 454 g/mol. The fourth-order valence-corrected chi connectivity index (χ4v) is 4.13. The van der Waals surface area contributed by atoms with Crippen molar-refractivity contribution in [2.75, 3.05) is 19.5 Å². The van der Waals surface area contributed by atoms with E-state index in [1.807, 2.05) is 0 Å². The molecule has 0 aliphatic rings. The van der Waals surface area contributed by atoms with Crippen LogP contribution in [0.2, 0.25) is 0 Å². The molecule has 1 N–H and O–H groups in total. The van der Waals surface area contributed by atoms with Crippen molar-refractivity contribution >= 4 is 32.8 Å². The Morgan fingerprint density at radius 2 is 1.80 bits per heavy atom. The molecule has 0 aliphatic heterocycles. The fourth-order valence-electron chi connectivity index (χ4n) is 2.58. The van der Waals surface area contributed by atoms with Gasteiger partial charge in [-0.1, -0.05) is 6.07 Å². The number of aromatic nitrogens is 1. The summed E-state index contributed by atoms with van der Waals surface area (Å²) in [4.78, 5) is 16.3. The molecule has 7 nitrogen and oxygen atoms in total. The predicted molar refractivity (Wildman–Crippen MR) is 108 cm³/mol. The standard InChI is InChI=1S/C19H16F2N2O5S2/c1-27-15-5-3-4-13(16(15)28-2)18-23-14(10-29-18)17(24)22-11-6-8-12(9-7-11)30(25,26)19(20)21/h3-10,19H,1-2H3,(H,22,24). The van der Waals surface area contributed by atoms with Gasteiger partial charge in [0, 0.05) is 11.1 Å². The van der Waals surface area contributed by atoms with Crippen LogP contribution in [0.15, 0.2) is 52.7 Å². The van der Waals surface area contributed by atoms with Gasteiger partial charge in [0.25, 0.3) is 5.91 Å². The Morgan fingerprint density at radius 1 is 1.10 bits per heavy atom. The minimum Gasteiger partial charge on any atom is -0.493 e. The maximum Gasteiger partial charge on any atom is 0.341 e. The first kappa shape index (κ1) is 21.7. The van der Waals surface area contributed by atoms with Crippen molar-refractivity contribution < 1.29 is 31.5 Å². The van der Waals surface area contributed by atoms with Crippen molar-refractivity contribution in [3.8, 4) is 22.1 Å². The Balaban J connectivity index is 1.80. The van der Waals surface area contributed by atoms with Gasteiger partial charge in [0.2, 0.25) is 9.84 Å². The molecule has 0 fully saturated rings. The third kappa shape index (κ3) is 4.26. The van der Waals surface area contributed by atoms with Crippen molar-refractivity contribution in [3.05, 3.63) is 53.5 Å². The minimum atomic E-state index is -4.69. The average Bonchev–Trinajstić information content (AvgIpc) is 3.23. The molecule has 11 heteroatoms. The van der Waals surface area contributed by atoms with Gasteiger partial charge in [0.05, 0.1) is 24.7 Å². The number of anilines is 1. The number of para-hydroxylation sites is 1. The third-order valence-electron chi connectivity index (χ3n) is 4.05. The molecule has 1 amide bonds. The molecule has 30 heavy (non-hydrogen) atoms. The van der Waals surface area contributed by atoms with Crippen molar-refractivity contribution in [1.82, 2.24) is 4.98 Å². The zero-order chi connectivity index (χ0) is 21.9. The zero-order valence-electron chi connectivity index (χ0n) is 15.8. The van der Waals surface area contributed by atoms with E-state index in [2.05, 4.69) is 10.3 Å². The molecule has 3 aromatic rings. The van der Waals surface area contributed by atoms with E-state index in [0.717, 1.165) is 12.1 Å². The molecular weight excluding hydrogens is 438 g/mol. The predicted octanol–water partition coefficient (Wildman–Crippen LogP) is 4.08. The SMILES string of the molecule is COc1cccc(-c2nc(C(=O)Nc3ccc(S(=O)(=O)C(F)F)cc3)cs2)c1OC. The Hall–Kier alpha value is -3.05. The van der Waals surface area contributed by atoms with E-state index in [9.17, 15) is 22.0 Å². The quantitative estimate of drug-likeness (QED) is 0.578. The van der Waals surface area contributed by atoms with Gasteiger partial charge in [0.15, 0.2) is 11.5 Å². The first-order valence-electron chi connectivity index (χ1n) is 8.38. The summed E-state index contributed by atoms with van der Waals surface area (Å²) in [6.07, 6.45) is 0. The second kappa shape index (κ2) is 8.76. The van der Waals surface area contributed by atoms with E-state index >= 15 is 0 Å². The van der Waals surface area contributed by atoms with E-state index in [1.54, 1.807) is 23.6 Å². The van der Waals surface area contributed by atoms with E-state index < -0.39 is 26.4 Å². The highest BCUT2D eigenvalue weighted by Crippen LogP contribution is 2.39. The Morgan fingerprint density at radius 3 is 2.40 bits per heavy atom. The number of amides is 1. The van der Waals surface area contributed by atoms with Crippen LogP contribution in [0.1, 0.15) is 10.5 Å². The summed E-state index contributed by atoms with van der Waals surface area (Å²) < 4.78 is 58.7. The highest BCUT2D eigenvalue weighted by Gasteiger charge is 2.26. The number of hydrogen-bond acceptors (Lipinski definition) is 7. The Labute approximate surface area is 175 Å². The summed E-state index contributed by atoms with van der Waals surface area (Å²) in [7, 11) is -1.68. The van der Waals surface area contributed by atoms with Gasteiger partial charge in [-0.3, -0.25) is 4.79 Å². The summed E-state index contributed by atoms with van der Waals surface area (Å²) >= 11 is 1.23. The van der Waals surface area contributed by atoms with Gasteiger partial charge in [-0.25, -0.2) is 13.4 Å². The smallest absolute Gasteiger partial charge is 0.341 e. The number of nitrogens with one attached hydrogen (secondary N) is 1. The number of carbonyl (C=O) groups excluding carboxylic acids is 1. The summed E-state index contributed by atoms with van der Waals surface area (Å²) in [5.74, 6) is -3.05. The molecule has 2 aromatic carbocycles. The van der Waals surface area contributed by atoms with Crippen LogP contribution in [0.4, 0.5) is 14.5 Å². The Bertz CT molecular complexity index is 1160. The highest BCUT2D eigenvalue weighted by atomic mass is 32.2. The van der Waals surface area contributed by atoms with Crippen LogP contribution in [0, 0.1) is 0 Å². The second-order valence-corrected chi connectivity index (χ2v) is 8.64. The lowest BCUT2D eigenvalue weighted by Crippen LogP contribution is -2.13. The average molecular weight is 454 g/mol. The maximum atomic E-state index is 12.6. The molecule has 0 saturated heterocycles. The summed E-state index contributed by atoms with van der Waals surface area (Å²) in [5, 5.41) is 4.64. The molecule has 0 saturated carbocycles. The largest absolute Gasteiger partial charge is 0.493 e. The molecule has 0 atom stereocenters. The van der Waals surface area contributed by atoms with Crippen LogP contribution < -0.4 is 14.8 Å². The second-order valence-electron chi connectivity index (χ2n) is 5.86. The highest BCUT2D eigenvalue weighted by molar-refractivity contribution is 7.91. The number of sulfone groups is 1. The van der Waals surface area contributed by atoms with Crippen LogP contribution >= 0.6 is 11.3 Å². The van der Waals surface area contributed by atoms with Gasteiger partial charge in [-0.2, -0.15) is 8.78 Å². The molecular formula is C19H16F2N2O5S2. The van der Waals surface area contributed by atoms with Crippen molar-refractivity contribution in [1.29, 1.82) is 0 Å². The summed E-state index contributed by atoms with van der Waals surface area (Å²) in [5.41, 5.74) is 1.02. The van der Waals surface area contributed by atoms with Gasteiger partial charge >= 0.3 is 5.76 Å². The first-order chi connectivity index (χ1) is 14.3. The van der Waals surface area contributed by atoms with Crippen LogP contribution in [-0.4, -0.2) is 39.3 Å². The van der Waals surface area contributed by atoms with E-state index in [4.69, 9.17) is 9.47 Å². The normalized spacial score (nSPS) is 11.4. The molecule has 0 unspecified atom stereocenters. The molecule has 1 heterocycles. The maximum absolute atomic E-state index is 12.6. The van der Waals surface area contributed by atoms with Crippen molar-refractivity contribution in [3.63, 3.8) is 0 Å². The summed E-state index contributed by atoms with van der Waals surface area (Å²) in [6, 6.07) is 9.75. The third-order valence-corrected chi connectivity index (χ3v) is 6.32. The van der Waals surface area contributed by atoms with Gasteiger partial charge in [-0.15, -0.1) is 11.3 Å². The lowest BCUT2D eigenvalue weighted by Gasteiger charge is -2.10. The number of thiazole rings is 1. The molecule has 0 bridgehead atoms. The molecule has 3 rings (SSSR count). The van der Waals surface area contributed by atoms with E-state index in [-0.39, 0.29) is 11.4 Å². The van der Waals surface area contributed by atoms with Crippen LogP contribution in [0.3, 0.4) is 0 Å². The lowest BCUT2D eigenvalue weighted by molar-refractivity contribution is 0.102. The molecule has 158 valence electrons. The number of rotatable bonds is 7. The van der Waals surface area contributed by atoms with Crippen molar-refractivity contribution in [2.45, 2.75) is 10.7 Å². The fraction of sp³-hybridized carbons (Fsp3) is 0.158. The zero-order valence-corrected chi connectivity index (χ0v) is 17.4. The summed E-state index contributed by atoms with van der Waals surface area (Å²) in [6.45, 7) is 0. The molecule has 0 spiro atoms. The molecule has 0 radical (unpaired) electrons. The number of hydrogen-bond donors (Lipinski definition) is 1. The van der Waals surface area contributed by atoms with Crippen molar-refractivity contribution in [2.24, 2.45) is 0 Å². The van der Waals surface area contributed by atoms with E-state index in [1.165, 1.54) is 37.7 Å². The van der Waals surface area contributed by atoms with Crippen LogP contribution in [-0.2, 0) is 9.84 Å². The number of halogens is 2. The lowest BCUT2D eigenvalue weighted by atomic mass is 10.2. The number of carbonyl (C=O) groups is 1. The van der Waals surface area contributed by atoms with Gasteiger partial charge < -0.3 is 14.8 Å². The number of ether oxygens (including phenoxy) is 2. The minimum absolute atomic E-state index is 0.129. The van der Waals surface area contributed by atoms with E-state index in [0.29, 0.717) is 22.1 Å². The Kier molecular flexibility index (Phi) is 6.32. The molecule has 1 aromatic heterocycles. The number of alkyl halides is 2. The van der Waals surface area contributed by atoms with Gasteiger partial charge in [0.1, 0.15) is 10.7 Å². The topological polar surface area (TPSA) is 94.6 Å². The van der Waals surface area contributed by atoms with Gasteiger partial charge in [-0.05, 0) is 36.4 Å². The van der Waals surface area contributed by atoms with Crippen LogP contribution in [0.5, 0.6) is 11.5 Å². The molecule has 0 aliphatic carbocycles. The number of nitrogens with zero attached hydrogens (tertiary/aromatic N) is 1. The first-order valence-corrected chi connectivity index (χ1v) is 10.8. The van der Waals surface area contributed by atoms with Crippen LogP contribution in [0.25, 0.3) is 10.6 Å². The number of methoxy groups -OCH3 is 2. The number of benzene rings is 2.